The fourth-order valence-corrected chi connectivity index (χ4v) is 3.19. The van der Waals surface area contributed by atoms with Crippen molar-refractivity contribution in [3.63, 3.8) is 0 Å². The maximum absolute atomic E-state index is 14.2. The number of hydrogen-bond acceptors (Lipinski definition) is 4. The first-order chi connectivity index (χ1) is 13.0. The summed E-state index contributed by atoms with van der Waals surface area (Å²) in [6, 6.07) is 10.8. The summed E-state index contributed by atoms with van der Waals surface area (Å²) in [7, 11) is 0. The van der Waals surface area contributed by atoms with Crippen molar-refractivity contribution in [1.82, 2.24) is 19.3 Å². The Balaban J connectivity index is 1.81. The van der Waals surface area contributed by atoms with Crippen molar-refractivity contribution in [2.45, 2.75) is 39.0 Å². The fraction of sp³-hybridized carbons (Fsp3) is 0.316. The lowest BCUT2D eigenvalue weighted by Gasteiger charge is -2.22. The van der Waals surface area contributed by atoms with E-state index in [1.54, 1.807) is 0 Å². The first kappa shape index (κ1) is 19.4. The molecule has 2 unspecified atom stereocenters. The van der Waals surface area contributed by atoms with Gasteiger partial charge in [0.15, 0.2) is 11.6 Å². The van der Waals surface area contributed by atoms with Gasteiger partial charge >= 0.3 is 5.69 Å². The van der Waals surface area contributed by atoms with Crippen LogP contribution in [0.5, 0.6) is 0 Å². The van der Waals surface area contributed by atoms with Crippen LogP contribution in [0.1, 0.15) is 31.9 Å². The van der Waals surface area contributed by atoms with Gasteiger partial charge in [-0.25, -0.2) is 23.4 Å². The summed E-state index contributed by atoms with van der Waals surface area (Å²) in [4.78, 5) is 16.8. The molecule has 0 radical (unpaired) electrons. The Labute approximate surface area is 164 Å². The van der Waals surface area contributed by atoms with Crippen molar-refractivity contribution >= 4 is 15.9 Å². The van der Waals surface area contributed by atoms with Gasteiger partial charge in [-0.2, -0.15) is 5.10 Å². The Morgan fingerprint density at radius 1 is 1.30 bits per heavy atom. The molecule has 8 heteroatoms. The predicted molar refractivity (Wildman–Crippen MR) is 103 cm³/mol. The first-order valence-corrected chi connectivity index (χ1v) is 9.43. The van der Waals surface area contributed by atoms with Gasteiger partial charge in [-0.05, 0) is 40.9 Å². The Bertz CT molecular complexity index is 958. The number of benzene rings is 1. The van der Waals surface area contributed by atoms with E-state index < -0.39 is 11.5 Å². The smallest absolute Gasteiger partial charge is 0.352 e. The number of aromatic nitrogens is 4. The van der Waals surface area contributed by atoms with Crippen LogP contribution in [0, 0.1) is 5.82 Å². The zero-order valence-corrected chi connectivity index (χ0v) is 16.6. The summed E-state index contributed by atoms with van der Waals surface area (Å²) in [6.07, 6.45) is 3.11. The van der Waals surface area contributed by atoms with Crippen molar-refractivity contribution in [3.05, 3.63) is 75.3 Å². The molecule has 0 N–H and O–H groups in total. The molecule has 0 aliphatic heterocycles. The molecule has 0 saturated carbocycles. The van der Waals surface area contributed by atoms with Crippen LogP contribution < -0.4 is 5.69 Å². The third kappa shape index (κ3) is 4.33. The maximum atomic E-state index is 14.2. The van der Waals surface area contributed by atoms with Crippen LogP contribution >= 0.6 is 15.9 Å². The van der Waals surface area contributed by atoms with Crippen LogP contribution in [-0.4, -0.2) is 25.4 Å². The molecule has 0 aliphatic carbocycles. The summed E-state index contributed by atoms with van der Waals surface area (Å²) >= 11 is 3.16. The third-order valence-electron chi connectivity index (χ3n) is 4.34. The van der Waals surface area contributed by atoms with Crippen LogP contribution in [0.3, 0.4) is 0 Å². The zero-order chi connectivity index (χ0) is 19.4. The molecule has 142 valence electrons. The molecular weight excluding hydrogens is 415 g/mol. The standard InChI is InChI=1S/C19H20BrFN4O2/c1-3-17(13(2)27-11-14-7-5-4-6-8-14)25-19(26)24(12-23-25)18-16(21)9-15(20)10-22-18/h4-10,12-13,17H,3,11H2,1-2H3. The highest BCUT2D eigenvalue weighted by Gasteiger charge is 2.23. The van der Waals surface area contributed by atoms with Gasteiger partial charge in [0.25, 0.3) is 0 Å². The number of halogens is 2. The topological polar surface area (TPSA) is 61.9 Å². The SMILES string of the molecule is CCC(C(C)OCc1ccccc1)n1ncn(-c2ncc(Br)cc2F)c1=O. The van der Waals surface area contributed by atoms with E-state index in [0.29, 0.717) is 17.5 Å². The summed E-state index contributed by atoms with van der Waals surface area (Å²) in [6.45, 7) is 4.30. The molecule has 0 saturated heterocycles. The van der Waals surface area contributed by atoms with Crippen LogP contribution in [0.2, 0.25) is 0 Å². The molecule has 6 nitrogen and oxygen atoms in total. The normalized spacial score (nSPS) is 13.5. The molecule has 0 spiro atoms. The summed E-state index contributed by atoms with van der Waals surface area (Å²) in [5, 5.41) is 4.17. The van der Waals surface area contributed by atoms with Gasteiger partial charge < -0.3 is 4.74 Å². The van der Waals surface area contributed by atoms with Gasteiger partial charge in [-0.1, -0.05) is 37.3 Å². The fourth-order valence-electron chi connectivity index (χ4n) is 2.89. The number of nitrogens with zero attached hydrogens (tertiary/aromatic N) is 4. The zero-order valence-electron chi connectivity index (χ0n) is 15.0. The predicted octanol–water partition coefficient (Wildman–Crippen LogP) is 3.89. The molecule has 0 amide bonds. The van der Waals surface area contributed by atoms with Crippen LogP contribution in [0.25, 0.3) is 5.82 Å². The lowest BCUT2D eigenvalue weighted by molar-refractivity contribution is 0.0117. The minimum Gasteiger partial charge on any atom is -0.372 e. The van der Waals surface area contributed by atoms with Gasteiger partial charge in [-0.15, -0.1) is 0 Å². The minimum absolute atomic E-state index is 0.0813. The summed E-state index contributed by atoms with van der Waals surface area (Å²) < 4.78 is 23.0. The van der Waals surface area contributed by atoms with E-state index in [4.69, 9.17) is 4.74 Å². The molecular formula is C19H20BrFN4O2. The van der Waals surface area contributed by atoms with E-state index in [2.05, 4.69) is 26.0 Å². The van der Waals surface area contributed by atoms with Crippen molar-refractivity contribution in [1.29, 1.82) is 0 Å². The number of pyridine rings is 1. The molecule has 3 aromatic rings. The highest BCUT2D eigenvalue weighted by molar-refractivity contribution is 9.10. The molecule has 0 bridgehead atoms. The van der Waals surface area contributed by atoms with Crippen LogP contribution in [0.15, 0.2) is 58.2 Å². The largest absolute Gasteiger partial charge is 0.372 e. The lowest BCUT2D eigenvalue weighted by atomic mass is 10.1. The quantitative estimate of drug-likeness (QED) is 0.565. The highest BCUT2D eigenvalue weighted by atomic mass is 79.9. The molecule has 2 atom stereocenters. The molecule has 1 aromatic carbocycles. The molecule has 27 heavy (non-hydrogen) atoms. The Kier molecular flexibility index (Phi) is 6.18. The minimum atomic E-state index is -0.604. The third-order valence-corrected chi connectivity index (χ3v) is 4.77. The average Bonchev–Trinajstić information content (AvgIpc) is 3.03. The monoisotopic (exact) mass is 434 g/mol. The summed E-state index contributed by atoms with van der Waals surface area (Å²) in [5.41, 5.74) is 0.601. The molecule has 2 aromatic heterocycles. The van der Waals surface area contributed by atoms with Crippen molar-refractivity contribution in [2.75, 3.05) is 0 Å². The van der Waals surface area contributed by atoms with E-state index in [1.807, 2.05) is 44.2 Å². The van der Waals surface area contributed by atoms with E-state index in [1.165, 1.54) is 23.3 Å². The van der Waals surface area contributed by atoms with Crippen molar-refractivity contribution in [2.24, 2.45) is 0 Å². The molecule has 0 fully saturated rings. The maximum Gasteiger partial charge on any atom is 0.352 e. The first-order valence-electron chi connectivity index (χ1n) is 8.64. The van der Waals surface area contributed by atoms with E-state index in [-0.39, 0.29) is 18.0 Å². The van der Waals surface area contributed by atoms with Crippen molar-refractivity contribution < 1.29 is 9.13 Å². The second kappa shape index (κ2) is 8.58. The Morgan fingerprint density at radius 2 is 2.04 bits per heavy atom. The molecule has 0 aliphatic rings. The molecule has 3 rings (SSSR count). The van der Waals surface area contributed by atoms with Gasteiger partial charge in [0.05, 0.1) is 18.8 Å². The van der Waals surface area contributed by atoms with Gasteiger partial charge in [-0.3, -0.25) is 0 Å². The average molecular weight is 435 g/mol. The lowest BCUT2D eigenvalue weighted by Crippen LogP contribution is -2.34. The van der Waals surface area contributed by atoms with Crippen LogP contribution in [-0.2, 0) is 11.3 Å². The number of hydrogen-bond donors (Lipinski definition) is 0. The Hall–Kier alpha value is -2.32. The van der Waals surface area contributed by atoms with Gasteiger partial charge in [0.2, 0.25) is 0 Å². The number of ether oxygens (including phenoxy) is 1. The van der Waals surface area contributed by atoms with E-state index >= 15 is 0 Å². The Morgan fingerprint density at radius 3 is 2.70 bits per heavy atom. The van der Waals surface area contributed by atoms with E-state index in [9.17, 15) is 9.18 Å². The highest BCUT2D eigenvalue weighted by Crippen LogP contribution is 2.19. The van der Waals surface area contributed by atoms with Crippen molar-refractivity contribution in [3.8, 4) is 5.82 Å². The van der Waals surface area contributed by atoms with Gasteiger partial charge in [0.1, 0.15) is 6.33 Å². The summed E-state index contributed by atoms with van der Waals surface area (Å²) in [5.74, 6) is -0.686. The molecule has 2 heterocycles. The second-order valence-corrected chi connectivity index (χ2v) is 7.08. The van der Waals surface area contributed by atoms with Crippen LogP contribution in [0.4, 0.5) is 4.39 Å². The second-order valence-electron chi connectivity index (χ2n) is 6.16. The van der Waals surface area contributed by atoms with E-state index in [0.717, 1.165) is 10.1 Å². The van der Waals surface area contributed by atoms with Gasteiger partial charge in [0, 0.05) is 10.7 Å². The number of rotatable bonds is 7.